The third kappa shape index (κ3) is 7.55. The summed E-state index contributed by atoms with van der Waals surface area (Å²) in [6.45, 7) is 11.4. The van der Waals surface area contributed by atoms with E-state index in [0.717, 1.165) is 31.0 Å². The van der Waals surface area contributed by atoms with E-state index in [4.69, 9.17) is 4.74 Å². The molecule has 1 fully saturated rings. The maximum atomic E-state index is 12.4. The van der Waals surface area contributed by atoms with E-state index in [1.54, 1.807) is 0 Å². The van der Waals surface area contributed by atoms with Gasteiger partial charge in [-0.15, -0.1) is 12.4 Å². The van der Waals surface area contributed by atoms with Gasteiger partial charge < -0.3 is 15.4 Å². The Morgan fingerprint density at radius 2 is 1.92 bits per heavy atom. The molecule has 1 heterocycles. The van der Waals surface area contributed by atoms with E-state index in [0.29, 0.717) is 24.2 Å². The van der Waals surface area contributed by atoms with Crippen LogP contribution in [0.3, 0.4) is 0 Å². The Bertz CT molecular complexity index is 527. The zero-order valence-electron chi connectivity index (χ0n) is 16.6. The topological polar surface area (TPSA) is 50.4 Å². The Kier molecular flexibility index (Phi) is 10.0. The standard InChI is InChI=1S/C21H34N2O2.ClH/c1-15(2)14-25-20-9-7-18(8-10-20)17(4)23-21(24)12-16(3)19-6-5-11-22-13-19;/h7-10,15-17,19,22H,5-6,11-14H2,1-4H3,(H,23,24);1H. The van der Waals surface area contributed by atoms with Gasteiger partial charge in [0.05, 0.1) is 12.6 Å². The summed E-state index contributed by atoms with van der Waals surface area (Å²) in [6, 6.07) is 8.06. The van der Waals surface area contributed by atoms with Crippen LogP contribution < -0.4 is 15.4 Å². The second-order valence-corrected chi connectivity index (χ2v) is 7.85. The first-order valence-electron chi connectivity index (χ1n) is 9.68. The lowest BCUT2D eigenvalue weighted by molar-refractivity contribution is -0.123. The number of amides is 1. The second-order valence-electron chi connectivity index (χ2n) is 7.85. The molecule has 1 aliphatic rings. The lowest BCUT2D eigenvalue weighted by Crippen LogP contribution is -2.36. The molecular weight excluding hydrogens is 348 g/mol. The number of nitrogens with one attached hydrogen (secondary N) is 2. The molecule has 2 rings (SSSR count). The van der Waals surface area contributed by atoms with Crippen LogP contribution in [0.25, 0.3) is 0 Å². The lowest BCUT2D eigenvalue weighted by atomic mass is 9.85. The fourth-order valence-corrected chi connectivity index (χ4v) is 3.32. The van der Waals surface area contributed by atoms with E-state index >= 15 is 0 Å². The molecule has 1 aromatic carbocycles. The van der Waals surface area contributed by atoms with E-state index in [1.807, 2.05) is 31.2 Å². The fourth-order valence-electron chi connectivity index (χ4n) is 3.32. The van der Waals surface area contributed by atoms with Crippen LogP contribution in [-0.4, -0.2) is 25.6 Å². The molecule has 0 radical (unpaired) electrons. The van der Waals surface area contributed by atoms with Crippen LogP contribution in [0.1, 0.15) is 58.6 Å². The Balaban J connectivity index is 0.00000338. The van der Waals surface area contributed by atoms with Crippen molar-refractivity contribution in [3.8, 4) is 5.75 Å². The van der Waals surface area contributed by atoms with Gasteiger partial charge >= 0.3 is 0 Å². The highest BCUT2D eigenvalue weighted by Crippen LogP contribution is 2.23. The van der Waals surface area contributed by atoms with Gasteiger partial charge in [0.2, 0.25) is 5.91 Å². The number of carbonyl (C=O) groups excluding carboxylic acids is 1. The zero-order chi connectivity index (χ0) is 18.2. The molecule has 3 unspecified atom stereocenters. The van der Waals surface area contributed by atoms with E-state index < -0.39 is 0 Å². The number of benzene rings is 1. The lowest BCUT2D eigenvalue weighted by Gasteiger charge is -2.28. The zero-order valence-corrected chi connectivity index (χ0v) is 17.4. The summed E-state index contributed by atoms with van der Waals surface area (Å²) >= 11 is 0. The molecule has 4 nitrogen and oxygen atoms in total. The van der Waals surface area contributed by atoms with Crippen molar-refractivity contribution in [2.75, 3.05) is 19.7 Å². The molecule has 0 aromatic heterocycles. The van der Waals surface area contributed by atoms with Crippen molar-refractivity contribution >= 4 is 18.3 Å². The quantitative estimate of drug-likeness (QED) is 0.702. The second kappa shape index (κ2) is 11.5. The molecule has 26 heavy (non-hydrogen) atoms. The smallest absolute Gasteiger partial charge is 0.220 e. The molecule has 0 bridgehead atoms. The molecule has 1 aromatic rings. The van der Waals surface area contributed by atoms with Gasteiger partial charge in [-0.25, -0.2) is 0 Å². The highest BCUT2D eigenvalue weighted by atomic mass is 35.5. The van der Waals surface area contributed by atoms with Gasteiger partial charge in [-0.05, 0) is 68.3 Å². The molecule has 3 atom stereocenters. The molecule has 0 aliphatic carbocycles. The molecule has 1 saturated heterocycles. The average Bonchev–Trinajstić information content (AvgIpc) is 2.61. The first-order chi connectivity index (χ1) is 12.0. The molecule has 0 spiro atoms. The van der Waals surface area contributed by atoms with Gasteiger partial charge in [0.15, 0.2) is 0 Å². The van der Waals surface area contributed by atoms with Crippen molar-refractivity contribution in [3.63, 3.8) is 0 Å². The van der Waals surface area contributed by atoms with Crippen LogP contribution in [0.5, 0.6) is 5.75 Å². The van der Waals surface area contributed by atoms with E-state index in [-0.39, 0.29) is 24.4 Å². The third-order valence-corrected chi connectivity index (χ3v) is 4.99. The largest absolute Gasteiger partial charge is 0.493 e. The Hall–Kier alpha value is -1.26. The number of halogens is 1. The van der Waals surface area contributed by atoms with Crippen LogP contribution >= 0.6 is 12.4 Å². The molecule has 5 heteroatoms. The van der Waals surface area contributed by atoms with Crippen molar-refractivity contribution in [3.05, 3.63) is 29.8 Å². The number of piperidine rings is 1. The predicted molar refractivity (Wildman–Crippen MR) is 110 cm³/mol. The van der Waals surface area contributed by atoms with E-state index in [9.17, 15) is 4.79 Å². The maximum absolute atomic E-state index is 12.4. The monoisotopic (exact) mass is 382 g/mol. The van der Waals surface area contributed by atoms with Crippen molar-refractivity contribution in [2.45, 2.75) is 53.0 Å². The van der Waals surface area contributed by atoms with Crippen molar-refractivity contribution in [2.24, 2.45) is 17.8 Å². The maximum Gasteiger partial charge on any atom is 0.220 e. The van der Waals surface area contributed by atoms with E-state index in [1.165, 1.54) is 12.8 Å². The summed E-state index contributed by atoms with van der Waals surface area (Å²) in [5.41, 5.74) is 1.11. The van der Waals surface area contributed by atoms with E-state index in [2.05, 4.69) is 31.4 Å². The Labute approximate surface area is 164 Å². The molecule has 2 N–H and O–H groups in total. The Morgan fingerprint density at radius 1 is 1.23 bits per heavy atom. The van der Waals surface area contributed by atoms with Crippen LogP contribution in [0, 0.1) is 17.8 Å². The molecule has 1 aliphatic heterocycles. The summed E-state index contributed by atoms with van der Waals surface area (Å²) in [6.07, 6.45) is 3.05. The normalized spacial score (nSPS) is 19.3. The van der Waals surface area contributed by atoms with Crippen molar-refractivity contribution in [1.82, 2.24) is 10.6 Å². The minimum absolute atomic E-state index is 0. The van der Waals surface area contributed by atoms with Crippen molar-refractivity contribution < 1.29 is 9.53 Å². The minimum atomic E-state index is 0. The van der Waals surface area contributed by atoms with Crippen LogP contribution in [0.4, 0.5) is 0 Å². The number of ether oxygens (including phenoxy) is 1. The van der Waals surface area contributed by atoms with Gasteiger partial charge in [-0.2, -0.15) is 0 Å². The number of hydrogen-bond donors (Lipinski definition) is 2. The minimum Gasteiger partial charge on any atom is -0.493 e. The number of carbonyl (C=O) groups is 1. The average molecular weight is 383 g/mol. The van der Waals surface area contributed by atoms with Gasteiger partial charge in [0, 0.05) is 6.42 Å². The Morgan fingerprint density at radius 3 is 2.50 bits per heavy atom. The van der Waals surface area contributed by atoms with Gasteiger partial charge in [-0.3, -0.25) is 4.79 Å². The van der Waals surface area contributed by atoms with Gasteiger partial charge in [0.25, 0.3) is 0 Å². The van der Waals surface area contributed by atoms with Crippen molar-refractivity contribution in [1.29, 1.82) is 0 Å². The van der Waals surface area contributed by atoms with Gasteiger partial charge in [0.1, 0.15) is 5.75 Å². The molecule has 1 amide bonds. The van der Waals surface area contributed by atoms with Crippen LogP contribution in [0.15, 0.2) is 24.3 Å². The highest BCUT2D eigenvalue weighted by Gasteiger charge is 2.22. The SMILES string of the molecule is CC(C)COc1ccc(C(C)NC(=O)CC(C)C2CCCNC2)cc1.Cl. The molecular formula is C21H35ClN2O2. The molecule has 0 saturated carbocycles. The number of hydrogen-bond acceptors (Lipinski definition) is 3. The van der Waals surface area contributed by atoms with Gasteiger partial charge in [-0.1, -0.05) is 32.9 Å². The van der Waals surface area contributed by atoms with Crippen LogP contribution in [0.2, 0.25) is 0 Å². The first-order valence-corrected chi connectivity index (χ1v) is 9.68. The summed E-state index contributed by atoms with van der Waals surface area (Å²) in [4.78, 5) is 12.4. The van der Waals surface area contributed by atoms with Crippen LogP contribution in [-0.2, 0) is 4.79 Å². The summed E-state index contributed by atoms with van der Waals surface area (Å²) in [5.74, 6) is 2.58. The summed E-state index contributed by atoms with van der Waals surface area (Å²) in [5, 5.41) is 6.57. The molecule has 148 valence electrons. The summed E-state index contributed by atoms with van der Waals surface area (Å²) < 4.78 is 5.71. The fraction of sp³-hybridized carbons (Fsp3) is 0.667. The number of rotatable bonds is 8. The first kappa shape index (κ1) is 22.8. The summed E-state index contributed by atoms with van der Waals surface area (Å²) in [7, 11) is 0. The third-order valence-electron chi connectivity index (χ3n) is 4.99. The predicted octanol–water partition coefficient (Wildman–Crippen LogP) is 4.35. The highest BCUT2D eigenvalue weighted by molar-refractivity contribution is 5.85.